The number of sulfone groups is 1. The number of ether oxygens (including phenoxy) is 1. The van der Waals surface area contributed by atoms with E-state index in [4.69, 9.17) is 4.74 Å². The lowest BCUT2D eigenvalue weighted by atomic mass is 10.1. The molecule has 0 unspecified atom stereocenters. The third-order valence-corrected chi connectivity index (χ3v) is 9.02. The molecule has 1 aliphatic heterocycles. The van der Waals surface area contributed by atoms with Crippen molar-refractivity contribution in [1.82, 2.24) is 19.5 Å². The molecule has 188 valence electrons. The molecule has 5 rings (SSSR count). The van der Waals surface area contributed by atoms with Gasteiger partial charge < -0.3 is 15.0 Å². The van der Waals surface area contributed by atoms with Gasteiger partial charge in [-0.3, -0.25) is 4.40 Å². The number of likely N-dealkylation sites (tertiary alicyclic amines) is 1. The van der Waals surface area contributed by atoms with Crippen molar-refractivity contribution in [2.75, 3.05) is 32.6 Å². The maximum absolute atomic E-state index is 13.7. The molecule has 8 nitrogen and oxygen atoms in total. The maximum atomic E-state index is 13.7. The molecular formula is C26H28FN5O3S. The van der Waals surface area contributed by atoms with Crippen LogP contribution < -0.4 is 10.1 Å². The molecule has 0 aliphatic carbocycles. The predicted octanol–water partition coefficient (Wildman–Crippen LogP) is 4.02. The van der Waals surface area contributed by atoms with Gasteiger partial charge in [-0.15, -0.1) is 10.2 Å². The van der Waals surface area contributed by atoms with E-state index in [0.717, 1.165) is 35.6 Å². The van der Waals surface area contributed by atoms with Crippen LogP contribution in [0.25, 0.3) is 16.8 Å². The third kappa shape index (κ3) is 4.66. The van der Waals surface area contributed by atoms with Crippen molar-refractivity contribution >= 4 is 21.3 Å². The van der Waals surface area contributed by atoms with Gasteiger partial charge in [0.05, 0.1) is 17.3 Å². The van der Waals surface area contributed by atoms with E-state index in [2.05, 4.69) is 20.4 Å². The summed E-state index contributed by atoms with van der Waals surface area (Å²) in [6, 6.07) is 15.6. The van der Waals surface area contributed by atoms with Gasteiger partial charge in [0, 0.05) is 12.1 Å². The number of benzene rings is 2. The van der Waals surface area contributed by atoms with Gasteiger partial charge in [0.1, 0.15) is 12.1 Å². The zero-order chi connectivity index (χ0) is 25.3. The number of anilines is 1. The van der Waals surface area contributed by atoms with Gasteiger partial charge in [-0.1, -0.05) is 18.2 Å². The summed E-state index contributed by atoms with van der Waals surface area (Å²) in [5.41, 5.74) is 3.19. The lowest BCUT2D eigenvalue weighted by Crippen LogP contribution is -2.37. The van der Waals surface area contributed by atoms with Gasteiger partial charge in [0.2, 0.25) is 0 Å². The molecule has 1 aliphatic rings. The number of nitrogens with zero attached hydrogens (tertiary/aromatic N) is 4. The number of methoxy groups -OCH3 is 1. The fourth-order valence-electron chi connectivity index (χ4n) is 4.60. The highest BCUT2D eigenvalue weighted by Crippen LogP contribution is 2.30. The normalized spacial score (nSPS) is 15.3. The van der Waals surface area contributed by atoms with Crippen LogP contribution in [0.3, 0.4) is 0 Å². The molecule has 4 aromatic rings. The van der Waals surface area contributed by atoms with Crippen molar-refractivity contribution in [3.63, 3.8) is 0 Å². The van der Waals surface area contributed by atoms with Crippen molar-refractivity contribution in [1.29, 1.82) is 0 Å². The Bertz CT molecular complexity index is 1480. The van der Waals surface area contributed by atoms with Gasteiger partial charge in [-0.25, -0.2) is 12.8 Å². The monoisotopic (exact) mass is 509 g/mol. The molecule has 2 aromatic heterocycles. The largest absolute Gasteiger partial charge is 0.494 e. The Kier molecular flexibility index (Phi) is 6.63. The predicted molar refractivity (Wildman–Crippen MR) is 136 cm³/mol. The average molecular weight is 510 g/mol. The van der Waals surface area contributed by atoms with Crippen LogP contribution in [0, 0.1) is 5.82 Å². The highest BCUT2D eigenvalue weighted by atomic mass is 32.2. The number of pyridine rings is 1. The molecule has 36 heavy (non-hydrogen) atoms. The lowest BCUT2D eigenvalue weighted by Gasteiger charge is -2.28. The summed E-state index contributed by atoms with van der Waals surface area (Å²) in [5.74, 6) is 0.556. The van der Waals surface area contributed by atoms with Gasteiger partial charge in [0.15, 0.2) is 27.1 Å². The first-order chi connectivity index (χ1) is 17.4. The molecule has 3 heterocycles. The van der Waals surface area contributed by atoms with Crippen LogP contribution in [0.5, 0.6) is 5.75 Å². The van der Waals surface area contributed by atoms with Crippen molar-refractivity contribution < 1.29 is 17.5 Å². The van der Waals surface area contributed by atoms with Crippen molar-refractivity contribution in [3.05, 3.63) is 72.3 Å². The summed E-state index contributed by atoms with van der Waals surface area (Å²) in [7, 11) is 0.0871. The van der Waals surface area contributed by atoms with Gasteiger partial charge >= 0.3 is 0 Å². The minimum atomic E-state index is -3.37. The summed E-state index contributed by atoms with van der Waals surface area (Å²) >= 11 is 0. The topological polar surface area (TPSA) is 88.8 Å². The molecule has 1 fully saturated rings. The molecule has 1 N–H and O–H groups in total. The minimum absolute atomic E-state index is 0.195. The van der Waals surface area contributed by atoms with Crippen molar-refractivity contribution in [3.8, 4) is 16.9 Å². The Labute approximate surface area is 209 Å². The minimum Gasteiger partial charge on any atom is -0.494 e. The highest BCUT2D eigenvalue weighted by molar-refractivity contribution is 7.92. The van der Waals surface area contributed by atoms with Gasteiger partial charge in [-0.2, -0.15) is 0 Å². The second-order valence-electron chi connectivity index (χ2n) is 9.05. The van der Waals surface area contributed by atoms with Crippen LogP contribution >= 0.6 is 0 Å². The fraction of sp³-hybridized carbons (Fsp3) is 0.308. The molecule has 0 bridgehead atoms. The van der Waals surface area contributed by atoms with E-state index in [1.54, 1.807) is 30.6 Å². The number of hydrogen-bond donors (Lipinski definition) is 1. The summed E-state index contributed by atoms with van der Waals surface area (Å²) in [4.78, 5) is 2.51. The Balaban J connectivity index is 1.37. The number of hydrogen-bond acceptors (Lipinski definition) is 7. The first-order valence-electron chi connectivity index (χ1n) is 11.8. The van der Waals surface area contributed by atoms with Crippen LogP contribution in [0.4, 0.5) is 10.2 Å². The average Bonchev–Trinajstić information content (AvgIpc) is 3.39. The Morgan fingerprint density at radius 1 is 1.08 bits per heavy atom. The lowest BCUT2D eigenvalue weighted by molar-refractivity contribution is 0.277. The summed E-state index contributed by atoms with van der Waals surface area (Å²) < 4.78 is 46.8. The van der Waals surface area contributed by atoms with Gasteiger partial charge in [-0.05, 0) is 80.5 Å². The summed E-state index contributed by atoms with van der Waals surface area (Å²) in [5, 5.41) is 11.3. The maximum Gasteiger partial charge on any atom is 0.181 e. The van der Waals surface area contributed by atoms with Crippen LogP contribution in [-0.4, -0.2) is 60.4 Å². The fourth-order valence-corrected chi connectivity index (χ4v) is 6.33. The summed E-state index contributed by atoms with van der Waals surface area (Å²) in [6.45, 7) is 2.04. The van der Waals surface area contributed by atoms with Crippen LogP contribution in [0.2, 0.25) is 0 Å². The SMILES string of the molecule is COc1cc(CNc2ccc(-c3ccc(S(=O)(=O)C4CCN(C)CC4)cc3)c3nncn23)ccc1F. The van der Waals surface area contributed by atoms with E-state index in [0.29, 0.717) is 29.9 Å². The Morgan fingerprint density at radius 2 is 1.83 bits per heavy atom. The van der Waals surface area contributed by atoms with E-state index >= 15 is 0 Å². The Hall–Kier alpha value is -3.50. The van der Waals surface area contributed by atoms with Gasteiger partial charge in [0.25, 0.3) is 0 Å². The molecule has 0 atom stereocenters. The highest BCUT2D eigenvalue weighted by Gasteiger charge is 2.30. The molecule has 0 amide bonds. The zero-order valence-corrected chi connectivity index (χ0v) is 21.0. The standard InChI is InChI=1S/C26H28FN5O3S/c1-31-13-11-21(12-14-31)36(33,34)20-6-4-19(5-7-20)22-8-10-25(32-17-29-30-26(22)32)28-16-18-3-9-23(27)24(15-18)35-2/h3-10,15,17,21,28H,11-14,16H2,1-2H3. The number of aromatic nitrogens is 3. The number of rotatable bonds is 7. The first kappa shape index (κ1) is 24.2. The number of fused-ring (bicyclic) bond motifs is 1. The van der Waals surface area contributed by atoms with E-state index in [1.807, 2.05) is 35.7 Å². The van der Waals surface area contributed by atoms with Crippen LogP contribution in [-0.2, 0) is 16.4 Å². The quantitative estimate of drug-likeness (QED) is 0.403. The number of piperidine rings is 1. The molecule has 10 heteroatoms. The van der Waals surface area contributed by atoms with Crippen molar-refractivity contribution in [2.24, 2.45) is 0 Å². The second kappa shape index (κ2) is 9.87. The van der Waals surface area contributed by atoms with Crippen molar-refractivity contribution in [2.45, 2.75) is 29.5 Å². The third-order valence-electron chi connectivity index (χ3n) is 6.74. The second-order valence-corrected chi connectivity index (χ2v) is 11.3. The smallest absolute Gasteiger partial charge is 0.181 e. The van der Waals surface area contributed by atoms with E-state index < -0.39 is 15.7 Å². The van der Waals surface area contributed by atoms with E-state index in [-0.39, 0.29) is 11.0 Å². The van der Waals surface area contributed by atoms with E-state index in [9.17, 15) is 12.8 Å². The molecule has 0 radical (unpaired) electrons. The number of halogens is 1. The Morgan fingerprint density at radius 3 is 2.56 bits per heavy atom. The molecule has 1 saturated heterocycles. The summed E-state index contributed by atoms with van der Waals surface area (Å²) in [6.07, 6.45) is 2.92. The molecular weight excluding hydrogens is 481 g/mol. The van der Waals surface area contributed by atoms with E-state index in [1.165, 1.54) is 13.2 Å². The molecule has 0 spiro atoms. The zero-order valence-electron chi connectivity index (χ0n) is 20.2. The van der Waals surface area contributed by atoms with Crippen LogP contribution in [0.15, 0.2) is 65.8 Å². The first-order valence-corrected chi connectivity index (χ1v) is 13.3. The molecule has 2 aromatic carbocycles. The number of nitrogens with one attached hydrogen (secondary N) is 1. The molecule has 0 saturated carbocycles. The van der Waals surface area contributed by atoms with Crippen LogP contribution in [0.1, 0.15) is 18.4 Å².